The molecule has 3 heterocycles. The number of benzene rings is 2. The van der Waals surface area contributed by atoms with Gasteiger partial charge in [-0.05, 0) is 54.3 Å². The van der Waals surface area contributed by atoms with Crippen molar-refractivity contribution >= 4 is 17.5 Å². The highest BCUT2D eigenvalue weighted by atomic mass is 35.5. The van der Waals surface area contributed by atoms with Crippen LogP contribution in [0.3, 0.4) is 0 Å². The van der Waals surface area contributed by atoms with Gasteiger partial charge in [0.25, 0.3) is 5.91 Å². The van der Waals surface area contributed by atoms with Crippen molar-refractivity contribution in [3.63, 3.8) is 0 Å². The average molecular weight is 405 g/mol. The van der Waals surface area contributed by atoms with Crippen LogP contribution in [-0.2, 0) is 17.6 Å². The zero-order valence-corrected chi connectivity index (χ0v) is 16.7. The van der Waals surface area contributed by atoms with Crippen LogP contribution >= 0.6 is 11.6 Å². The van der Waals surface area contributed by atoms with E-state index in [-0.39, 0.29) is 11.3 Å². The zero-order valence-electron chi connectivity index (χ0n) is 16.0. The Morgan fingerprint density at radius 2 is 1.76 bits per heavy atom. The fourth-order valence-electron chi connectivity index (χ4n) is 5.77. The van der Waals surface area contributed by atoms with E-state index < -0.39 is 5.66 Å². The molecule has 1 saturated heterocycles. The van der Waals surface area contributed by atoms with Gasteiger partial charge in [0.1, 0.15) is 11.4 Å². The van der Waals surface area contributed by atoms with Crippen molar-refractivity contribution in [1.82, 2.24) is 9.80 Å². The molecular formula is C24H21ClN2O2. The minimum absolute atomic E-state index is 0.103. The van der Waals surface area contributed by atoms with Crippen LogP contribution in [0.2, 0.25) is 5.02 Å². The predicted octanol–water partition coefficient (Wildman–Crippen LogP) is 4.79. The van der Waals surface area contributed by atoms with E-state index in [1.54, 1.807) is 6.26 Å². The van der Waals surface area contributed by atoms with E-state index in [0.717, 1.165) is 36.3 Å². The maximum absolute atomic E-state index is 13.7. The molecule has 1 unspecified atom stereocenters. The summed E-state index contributed by atoms with van der Waals surface area (Å²) < 4.78 is 5.69. The zero-order chi connectivity index (χ0) is 19.6. The van der Waals surface area contributed by atoms with Gasteiger partial charge >= 0.3 is 0 Å². The van der Waals surface area contributed by atoms with Crippen LogP contribution in [0.15, 0.2) is 71.3 Å². The lowest BCUT2D eigenvalue weighted by atomic mass is 9.71. The van der Waals surface area contributed by atoms with Gasteiger partial charge in [-0.1, -0.05) is 41.9 Å². The molecule has 3 aromatic rings. The smallest absolute Gasteiger partial charge is 0.255 e. The largest absolute Gasteiger partial charge is 0.468 e. The Labute approximate surface area is 174 Å². The van der Waals surface area contributed by atoms with Gasteiger partial charge in [-0.3, -0.25) is 9.69 Å². The lowest BCUT2D eigenvalue weighted by molar-refractivity contribution is -0.0318. The summed E-state index contributed by atoms with van der Waals surface area (Å²) in [6.07, 6.45) is 3.84. The first-order chi connectivity index (χ1) is 14.2. The van der Waals surface area contributed by atoms with Gasteiger partial charge < -0.3 is 9.32 Å². The van der Waals surface area contributed by atoms with Gasteiger partial charge in [-0.15, -0.1) is 0 Å². The highest BCUT2D eigenvalue weighted by molar-refractivity contribution is 6.30. The third-order valence-corrected chi connectivity index (χ3v) is 7.20. The summed E-state index contributed by atoms with van der Waals surface area (Å²) in [6, 6.07) is 20.2. The van der Waals surface area contributed by atoms with Gasteiger partial charge in [-0.25, -0.2) is 0 Å². The van der Waals surface area contributed by atoms with Crippen LogP contribution in [0.25, 0.3) is 0 Å². The highest BCUT2D eigenvalue weighted by Crippen LogP contribution is 2.67. The van der Waals surface area contributed by atoms with E-state index in [0.29, 0.717) is 18.1 Å². The number of hydrogen-bond donors (Lipinski definition) is 0. The van der Waals surface area contributed by atoms with Crippen LogP contribution in [0, 0.1) is 0 Å². The van der Waals surface area contributed by atoms with Crippen molar-refractivity contribution in [3.8, 4) is 0 Å². The topological polar surface area (TPSA) is 36.7 Å². The van der Waals surface area contributed by atoms with Crippen molar-refractivity contribution in [2.45, 2.75) is 30.5 Å². The maximum atomic E-state index is 13.7. The van der Waals surface area contributed by atoms with Crippen LogP contribution < -0.4 is 0 Å². The van der Waals surface area contributed by atoms with Crippen LogP contribution in [0.1, 0.15) is 40.1 Å². The van der Waals surface area contributed by atoms with E-state index in [1.165, 1.54) is 5.56 Å². The minimum atomic E-state index is -0.518. The SMILES string of the molecule is O=C1c2ccccc2C2(CC2)C2(c3ccc(Cl)cc3)N(Cc3ccco3)CCN12. The van der Waals surface area contributed by atoms with Gasteiger partial charge in [0.15, 0.2) is 0 Å². The molecule has 6 rings (SSSR count). The lowest BCUT2D eigenvalue weighted by Gasteiger charge is -2.53. The van der Waals surface area contributed by atoms with Gasteiger partial charge in [0.2, 0.25) is 0 Å². The summed E-state index contributed by atoms with van der Waals surface area (Å²) in [7, 11) is 0. The molecular weight excluding hydrogens is 384 g/mol. The maximum Gasteiger partial charge on any atom is 0.255 e. The second-order valence-corrected chi connectivity index (χ2v) is 8.70. The van der Waals surface area contributed by atoms with E-state index in [1.807, 2.05) is 36.4 Å². The first-order valence-corrected chi connectivity index (χ1v) is 10.5. The standard InChI is InChI=1S/C24H21ClN2O2/c25-18-9-7-17(8-10-18)24-23(11-12-23)21-6-2-1-5-20(21)22(28)27(24)14-13-26(24)16-19-4-3-15-29-19/h1-10,15H,11-14,16H2. The van der Waals surface area contributed by atoms with Crippen molar-refractivity contribution in [2.75, 3.05) is 13.1 Å². The van der Waals surface area contributed by atoms with Gasteiger partial charge in [0, 0.05) is 29.1 Å². The second-order valence-electron chi connectivity index (χ2n) is 8.26. The molecule has 1 atom stereocenters. The molecule has 0 bridgehead atoms. The lowest BCUT2D eigenvalue weighted by Crippen LogP contribution is -2.62. The van der Waals surface area contributed by atoms with E-state index in [2.05, 4.69) is 34.1 Å². The van der Waals surface area contributed by atoms with E-state index in [9.17, 15) is 4.79 Å². The number of furan rings is 1. The average Bonchev–Trinajstić information content (AvgIpc) is 3.19. The third kappa shape index (κ3) is 2.16. The molecule has 5 heteroatoms. The molecule has 146 valence electrons. The molecule has 1 aliphatic carbocycles. The van der Waals surface area contributed by atoms with Crippen molar-refractivity contribution in [2.24, 2.45) is 0 Å². The molecule has 1 saturated carbocycles. The number of rotatable bonds is 3. The number of amides is 1. The Kier molecular flexibility index (Phi) is 3.57. The Hall–Kier alpha value is -2.56. The fraction of sp³-hybridized carbons (Fsp3) is 0.292. The summed E-state index contributed by atoms with van der Waals surface area (Å²) in [5.41, 5.74) is 2.55. The van der Waals surface area contributed by atoms with Crippen molar-refractivity contribution in [3.05, 3.63) is 94.4 Å². The summed E-state index contributed by atoms with van der Waals surface area (Å²) in [6.45, 7) is 2.19. The van der Waals surface area contributed by atoms with Crippen LogP contribution in [0.5, 0.6) is 0 Å². The molecule has 3 aliphatic rings. The predicted molar refractivity (Wildman–Crippen MR) is 111 cm³/mol. The molecule has 1 aromatic heterocycles. The number of carbonyl (C=O) groups is 1. The van der Waals surface area contributed by atoms with Gasteiger partial charge in [0.05, 0.1) is 12.8 Å². The molecule has 2 fully saturated rings. The third-order valence-electron chi connectivity index (χ3n) is 6.95. The first-order valence-electron chi connectivity index (χ1n) is 10.1. The molecule has 2 aliphatic heterocycles. The van der Waals surface area contributed by atoms with Crippen LogP contribution in [-0.4, -0.2) is 28.8 Å². The first kappa shape index (κ1) is 17.3. The second kappa shape index (κ2) is 5.97. The summed E-state index contributed by atoms with van der Waals surface area (Å²) in [5, 5.41) is 0.708. The number of fused-ring (bicyclic) bond motifs is 4. The monoisotopic (exact) mass is 404 g/mol. The molecule has 29 heavy (non-hydrogen) atoms. The normalized spacial score (nSPS) is 24.6. The van der Waals surface area contributed by atoms with E-state index >= 15 is 0 Å². The van der Waals surface area contributed by atoms with Crippen molar-refractivity contribution < 1.29 is 9.21 Å². The minimum Gasteiger partial charge on any atom is -0.468 e. The molecule has 0 N–H and O–H groups in total. The van der Waals surface area contributed by atoms with Crippen LogP contribution in [0.4, 0.5) is 0 Å². The fourth-order valence-corrected chi connectivity index (χ4v) is 5.89. The molecule has 4 nitrogen and oxygen atoms in total. The number of nitrogens with zero attached hydrogens (tertiary/aromatic N) is 2. The summed E-state index contributed by atoms with van der Waals surface area (Å²) in [5.74, 6) is 1.04. The quantitative estimate of drug-likeness (QED) is 0.629. The van der Waals surface area contributed by atoms with E-state index in [4.69, 9.17) is 16.0 Å². The Bertz CT molecular complexity index is 1090. The number of carbonyl (C=O) groups excluding carboxylic acids is 1. The summed E-state index contributed by atoms with van der Waals surface area (Å²) >= 11 is 6.23. The molecule has 0 radical (unpaired) electrons. The van der Waals surface area contributed by atoms with Gasteiger partial charge in [-0.2, -0.15) is 0 Å². The number of hydrogen-bond acceptors (Lipinski definition) is 3. The Morgan fingerprint density at radius 1 is 0.966 bits per heavy atom. The highest BCUT2D eigenvalue weighted by Gasteiger charge is 2.72. The molecule has 1 spiro atoms. The summed E-state index contributed by atoms with van der Waals surface area (Å²) in [4.78, 5) is 18.2. The molecule has 2 aromatic carbocycles. The Morgan fingerprint density at radius 3 is 2.48 bits per heavy atom. The number of halogens is 1. The Balaban J connectivity index is 1.61. The van der Waals surface area contributed by atoms with Crippen molar-refractivity contribution in [1.29, 1.82) is 0 Å². The molecule has 1 amide bonds.